The molecule has 1 rings (SSSR count). The first-order chi connectivity index (χ1) is 9.87. The van der Waals surface area contributed by atoms with Crippen molar-refractivity contribution in [3.05, 3.63) is 0 Å². The van der Waals surface area contributed by atoms with E-state index in [1.54, 1.807) is 0 Å². The number of rotatable bonds is 9. The Morgan fingerprint density at radius 3 is 2.33 bits per heavy atom. The molecule has 21 heavy (non-hydrogen) atoms. The molecular weight excluding hydrogens is 262 g/mol. The van der Waals surface area contributed by atoms with E-state index in [0.717, 1.165) is 38.7 Å². The lowest BCUT2D eigenvalue weighted by Crippen LogP contribution is -2.51. The van der Waals surface area contributed by atoms with Crippen LogP contribution in [0.4, 0.5) is 0 Å². The summed E-state index contributed by atoms with van der Waals surface area (Å²) in [5.74, 6) is 0.845. The van der Waals surface area contributed by atoms with Gasteiger partial charge in [0.25, 0.3) is 0 Å². The maximum atomic E-state index is 6.31. The van der Waals surface area contributed by atoms with Crippen molar-refractivity contribution in [3.63, 3.8) is 0 Å². The highest BCUT2D eigenvalue weighted by atomic mass is 16.5. The van der Waals surface area contributed by atoms with Crippen molar-refractivity contribution < 1.29 is 9.47 Å². The minimum absolute atomic E-state index is 0.0217. The molecule has 1 aliphatic carbocycles. The second-order valence-corrected chi connectivity index (χ2v) is 7.78. The van der Waals surface area contributed by atoms with Crippen LogP contribution in [-0.2, 0) is 9.47 Å². The van der Waals surface area contributed by atoms with Crippen molar-refractivity contribution in [2.45, 2.75) is 84.3 Å². The smallest absolute Gasteiger partial charge is 0.0807 e. The summed E-state index contributed by atoms with van der Waals surface area (Å²) in [5.41, 5.74) is 0.172. The zero-order valence-electron chi connectivity index (χ0n) is 15.0. The van der Waals surface area contributed by atoms with Gasteiger partial charge < -0.3 is 14.8 Å². The molecule has 3 heteroatoms. The molecule has 3 nitrogen and oxygen atoms in total. The first-order valence-electron chi connectivity index (χ1n) is 8.84. The highest BCUT2D eigenvalue weighted by Crippen LogP contribution is 2.34. The molecular formula is C18H37NO2. The van der Waals surface area contributed by atoms with Crippen LogP contribution >= 0.6 is 0 Å². The Labute approximate surface area is 132 Å². The first kappa shape index (κ1) is 18.9. The summed E-state index contributed by atoms with van der Waals surface area (Å²) in [5, 5.41) is 3.64. The van der Waals surface area contributed by atoms with Gasteiger partial charge in [-0.25, -0.2) is 0 Å². The summed E-state index contributed by atoms with van der Waals surface area (Å²) in [6, 6.07) is 0. The summed E-state index contributed by atoms with van der Waals surface area (Å²) < 4.78 is 11.9. The Balaban J connectivity index is 2.37. The molecule has 0 spiro atoms. The van der Waals surface area contributed by atoms with Gasteiger partial charge in [-0.3, -0.25) is 0 Å². The molecule has 0 aromatic carbocycles. The average Bonchev–Trinajstić information content (AvgIpc) is 2.43. The minimum atomic E-state index is 0.0217. The van der Waals surface area contributed by atoms with Gasteiger partial charge in [-0.2, -0.15) is 0 Å². The lowest BCUT2D eigenvalue weighted by atomic mass is 9.79. The van der Waals surface area contributed by atoms with Crippen LogP contribution in [0.25, 0.3) is 0 Å². The molecule has 0 atom stereocenters. The minimum Gasteiger partial charge on any atom is -0.379 e. The van der Waals surface area contributed by atoms with Gasteiger partial charge in [-0.05, 0) is 58.8 Å². The highest BCUT2D eigenvalue weighted by molar-refractivity contribution is 4.90. The van der Waals surface area contributed by atoms with Gasteiger partial charge in [0.05, 0.1) is 18.8 Å². The Morgan fingerprint density at radius 1 is 1.10 bits per heavy atom. The SMILES string of the molecule is CCCCOCCOC1(CNC(C)(C)C)CCC(C)CC1. The summed E-state index contributed by atoms with van der Waals surface area (Å²) in [7, 11) is 0. The van der Waals surface area contributed by atoms with Crippen LogP contribution in [0.1, 0.15) is 73.1 Å². The van der Waals surface area contributed by atoms with Crippen molar-refractivity contribution >= 4 is 0 Å². The molecule has 0 aliphatic heterocycles. The Kier molecular flexibility index (Phi) is 8.22. The van der Waals surface area contributed by atoms with Crippen molar-refractivity contribution in [1.29, 1.82) is 0 Å². The molecule has 0 unspecified atom stereocenters. The number of hydrogen-bond acceptors (Lipinski definition) is 3. The molecule has 0 amide bonds. The zero-order valence-corrected chi connectivity index (χ0v) is 15.0. The highest BCUT2D eigenvalue weighted by Gasteiger charge is 2.35. The summed E-state index contributed by atoms with van der Waals surface area (Å²) in [4.78, 5) is 0. The maximum Gasteiger partial charge on any atom is 0.0807 e. The third kappa shape index (κ3) is 8.18. The molecule has 0 radical (unpaired) electrons. The van der Waals surface area contributed by atoms with E-state index in [-0.39, 0.29) is 11.1 Å². The molecule has 0 heterocycles. The van der Waals surface area contributed by atoms with E-state index in [0.29, 0.717) is 0 Å². The molecule has 126 valence electrons. The van der Waals surface area contributed by atoms with Crippen molar-refractivity contribution in [2.24, 2.45) is 5.92 Å². The largest absolute Gasteiger partial charge is 0.379 e. The Hall–Kier alpha value is -0.120. The fourth-order valence-electron chi connectivity index (χ4n) is 2.75. The topological polar surface area (TPSA) is 30.5 Å². The van der Waals surface area contributed by atoms with Crippen LogP contribution in [-0.4, -0.2) is 37.5 Å². The quantitative estimate of drug-likeness (QED) is 0.649. The predicted molar refractivity (Wildman–Crippen MR) is 89.8 cm³/mol. The van der Waals surface area contributed by atoms with E-state index in [1.165, 1.54) is 32.1 Å². The van der Waals surface area contributed by atoms with Gasteiger partial charge in [0, 0.05) is 18.7 Å². The Morgan fingerprint density at radius 2 is 1.76 bits per heavy atom. The predicted octanol–water partition coefficient (Wildman–Crippen LogP) is 4.16. The summed E-state index contributed by atoms with van der Waals surface area (Å²) >= 11 is 0. The summed E-state index contributed by atoms with van der Waals surface area (Å²) in [6.07, 6.45) is 7.25. The van der Waals surface area contributed by atoms with Gasteiger partial charge in [0.15, 0.2) is 0 Å². The van der Waals surface area contributed by atoms with Gasteiger partial charge in [-0.1, -0.05) is 20.3 Å². The molecule has 0 bridgehead atoms. The van der Waals surface area contributed by atoms with E-state index in [4.69, 9.17) is 9.47 Å². The second kappa shape index (κ2) is 9.12. The van der Waals surface area contributed by atoms with Crippen LogP contribution in [0.3, 0.4) is 0 Å². The monoisotopic (exact) mass is 299 g/mol. The first-order valence-corrected chi connectivity index (χ1v) is 8.84. The second-order valence-electron chi connectivity index (χ2n) is 7.78. The number of unbranched alkanes of at least 4 members (excludes halogenated alkanes) is 1. The number of hydrogen-bond donors (Lipinski definition) is 1. The lowest BCUT2D eigenvalue weighted by molar-refractivity contribution is -0.0939. The molecule has 1 saturated carbocycles. The zero-order chi connectivity index (χ0) is 15.8. The maximum absolute atomic E-state index is 6.31. The normalized spacial score (nSPS) is 27.0. The average molecular weight is 299 g/mol. The third-order valence-corrected chi connectivity index (χ3v) is 4.40. The molecule has 1 fully saturated rings. The van der Waals surface area contributed by atoms with Gasteiger partial charge in [0.2, 0.25) is 0 Å². The molecule has 0 aromatic heterocycles. The van der Waals surface area contributed by atoms with Gasteiger partial charge in [-0.15, -0.1) is 0 Å². The fraction of sp³-hybridized carbons (Fsp3) is 1.00. The van der Waals surface area contributed by atoms with Gasteiger partial charge in [0.1, 0.15) is 0 Å². The third-order valence-electron chi connectivity index (χ3n) is 4.40. The van der Waals surface area contributed by atoms with E-state index >= 15 is 0 Å². The van der Waals surface area contributed by atoms with Crippen LogP contribution < -0.4 is 5.32 Å². The molecule has 0 aromatic rings. The molecule has 1 N–H and O–H groups in total. The summed E-state index contributed by atoms with van der Waals surface area (Å²) in [6.45, 7) is 14.5. The van der Waals surface area contributed by atoms with Crippen LogP contribution in [0.2, 0.25) is 0 Å². The Bertz CT molecular complexity index is 265. The van der Waals surface area contributed by atoms with Crippen LogP contribution in [0, 0.1) is 5.92 Å². The number of nitrogens with one attached hydrogen (secondary N) is 1. The van der Waals surface area contributed by atoms with E-state index < -0.39 is 0 Å². The van der Waals surface area contributed by atoms with Crippen molar-refractivity contribution in [1.82, 2.24) is 5.32 Å². The standard InChI is InChI=1S/C18H37NO2/c1-6-7-12-20-13-14-21-18(15-19-17(3,4)5)10-8-16(2)9-11-18/h16,19H,6-15H2,1-5H3. The van der Waals surface area contributed by atoms with Crippen LogP contribution in [0.5, 0.6) is 0 Å². The molecule has 0 saturated heterocycles. The van der Waals surface area contributed by atoms with Gasteiger partial charge >= 0.3 is 0 Å². The lowest BCUT2D eigenvalue weighted by Gasteiger charge is -2.41. The van der Waals surface area contributed by atoms with Crippen LogP contribution in [0.15, 0.2) is 0 Å². The van der Waals surface area contributed by atoms with Crippen molar-refractivity contribution in [3.8, 4) is 0 Å². The number of ether oxygens (including phenoxy) is 2. The van der Waals surface area contributed by atoms with E-state index in [1.807, 2.05) is 0 Å². The fourth-order valence-corrected chi connectivity index (χ4v) is 2.75. The van der Waals surface area contributed by atoms with E-state index in [9.17, 15) is 0 Å². The molecule has 1 aliphatic rings. The van der Waals surface area contributed by atoms with E-state index in [2.05, 4.69) is 39.9 Å². The van der Waals surface area contributed by atoms with Crippen molar-refractivity contribution in [2.75, 3.05) is 26.4 Å².